The Labute approximate surface area is 113 Å². The molecule has 1 unspecified atom stereocenters. The molecule has 1 aromatic heterocycles. The summed E-state index contributed by atoms with van der Waals surface area (Å²) in [6.45, 7) is 6.45. The minimum atomic E-state index is -0.381. The van der Waals surface area contributed by atoms with Crippen molar-refractivity contribution in [2.75, 3.05) is 0 Å². The number of thiophene rings is 1. The standard InChI is InChI=1S/C16H20OS/c1-11(2)14-7-5-13(6-8-14)10-15(17)16-9-4-12(3)18-16/h4-9,11,15,17H,10H2,1-3H3. The maximum atomic E-state index is 10.2. The highest BCUT2D eigenvalue weighted by molar-refractivity contribution is 7.12. The van der Waals surface area contributed by atoms with E-state index in [0.717, 1.165) is 4.88 Å². The zero-order valence-electron chi connectivity index (χ0n) is 11.2. The third-order valence-corrected chi connectivity index (χ3v) is 4.27. The van der Waals surface area contributed by atoms with Crippen LogP contribution in [-0.4, -0.2) is 5.11 Å². The Bertz CT molecular complexity index is 496. The molecule has 0 bridgehead atoms. The molecule has 0 saturated heterocycles. The van der Waals surface area contributed by atoms with Gasteiger partial charge in [0, 0.05) is 16.2 Å². The maximum Gasteiger partial charge on any atom is 0.0922 e. The van der Waals surface area contributed by atoms with Gasteiger partial charge in [0.25, 0.3) is 0 Å². The number of benzene rings is 1. The Hall–Kier alpha value is -1.12. The van der Waals surface area contributed by atoms with Crippen LogP contribution in [0.3, 0.4) is 0 Å². The highest BCUT2D eigenvalue weighted by Crippen LogP contribution is 2.26. The molecule has 0 radical (unpaired) electrons. The van der Waals surface area contributed by atoms with Crippen molar-refractivity contribution >= 4 is 11.3 Å². The number of aryl methyl sites for hydroxylation is 1. The Morgan fingerprint density at radius 2 is 1.72 bits per heavy atom. The van der Waals surface area contributed by atoms with Crippen LogP contribution in [0.25, 0.3) is 0 Å². The van der Waals surface area contributed by atoms with Gasteiger partial charge in [-0.3, -0.25) is 0 Å². The molecule has 0 aliphatic carbocycles. The van der Waals surface area contributed by atoms with Crippen molar-refractivity contribution in [2.45, 2.75) is 39.2 Å². The molecule has 2 rings (SSSR count). The lowest BCUT2D eigenvalue weighted by atomic mass is 9.99. The summed E-state index contributed by atoms with van der Waals surface area (Å²) >= 11 is 1.67. The number of aliphatic hydroxyl groups is 1. The third kappa shape index (κ3) is 3.21. The van der Waals surface area contributed by atoms with Crippen molar-refractivity contribution in [2.24, 2.45) is 0 Å². The van der Waals surface area contributed by atoms with Gasteiger partial charge in [0.15, 0.2) is 0 Å². The molecule has 2 aromatic rings. The topological polar surface area (TPSA) is 20.2 Å². The summed E-state index contributed by atoms with van der Waals surface area (Å²) in [6.07, 6.45) is 0.312. The van der Waals surface area contributed by atoms with E-state index in [1.807, 2.05) is 6.07 Å². The van der Waals surface area contributed by atoms with Crippen LogP contribution in [-0.2, 0) is 6.42 Å². The van der Waals surface area contributed by atoms with Gasteiger partial charge < -0.3 is 5.11 Å². The van der Waals surface area contributed by atoms with Gasteiger partial charge in [-0.2, -0.15) is 0 Å². The number of hydrogen-bond donors (Lipinski definition) is 1. The second-order valence-corrected chi connectivity index (χ2v) is 6.38. The van der Waals surface area contributed by atoms with E-state index in [4.69, 9.17) is 0 Å². The number of hydrogen-bond acceptors (Lipinski definition) is 2. The van der Waals surface area contributed by atoms with Crippen molar-refractivity contribution in [3.63, 3.8) is 0 Å². The maximum absolute atomic E-state index is 10.2. The van der Waals surface area contributed by atoms with Crippen LogP contribution in [0.4, 0.5) is 0 Å². The Morgan fingerprint density at radius 3 is 2.22 bits per heavy atom. The summed E-state index contributed by atoms with van der Waals surface area (Å²) in [4.78, 5) is 2.31. The smallest absolute Gasteiger partial charge is 0.0922 e. The quantitative estimate of drug-likeness (QED) is 0.860. The van der Waals surface area contributed by atoms with Gasteiger partial charge in [-0.05, 0) is 36.1 Å². The number of rotatable bonds is 4. The average Bonchev–Trinajstić information content (AvgIpc) is 2.76. The molecule has 1 aromatic carbocycles. The fourth-order valence-electron chi connectivity index (χ4n) is 1.99. The molecule has 18 heavy (non-hydrogen) atoms. The van der Waals surface area contributed by atoms with E-state index >= 15 is 0 Å². The van der Waals surface area contributed by atoms with Gasteiger partial charge in [0.1, 0.15) is 0 Å². The molecule has 0 aliphatic heterocycles. The van der Waals surface area contributed by atoms with Gasteiger partial charge in [-0.1, -0.05) is 38.1 Å². The van der Waals surface area contributed by atoms with E-state index < -0.39 is 0 Å². The van der Waals surface area contributed by atoms with Crippen molar-refractivity contribution in [1.82, 2.24) is 0 Å². The normalized spacial score (nSPS) is 12.9. The SMILES string of the molecule is Cc1ccc(C(O)Cc2ccc(C(C)C)cc2)s1. The fourth-order valence-corrected chi connectivity index (χ4v) is 2.86. The summed E-state index contributed by atoms with van der Waals surface area (Å²) in [5.41, 5.74) is 2.54. The van der Waals surface area contributed by atoms with E-state index in [2.05, 4.69) is 51.1 Å². The molecule has 0 spiro atoms. The first kappa shape index (κ1) is 13.3. The van der Waals surface area contributed by atoms with E-state index in [1.54, 1.807) is 11.3 Å². The minimum absolute atomic E-state index is 0.381. The van der Waals surface area contributed by atoms with Gasteiger partial charge in [-0.15, -0.1) is 11.3 Å². The molecule has 0 saturated carbocycles. The van der Waals surface area contributed by atoms with Crippen LogP contribution in [0, 0.1) is 6.92 Å². The summed E-state index contributed by atoms with van der Waals surface area (Å²) in [5, 5.41) is 10.2. The minimum Gasteiger partial charge on any atom is -0.387 e. The number of aliphatic hydroxyl groups excluding tert-OH is 1. The van der Waals surface area contributed by atoms with Crippen molar-refractivity contribution in [3.05, 3.63) is 57.3 Å². The predicted molar refractivity (Wildman–Crippen MR) is 78.3 cm³/mol. The predicted octanol–water partition coefficient (Wildman–Crippen LogP) is 4.46. The molecular formula is C16H20OS. The average molecular weight is 260 g/mol. The van der Waals surface area contributed by atoms with Crippen LogP contribution in [0.1, 0.15) is 46.8 Å². The van der Waals surface area contributed by atoms with Gasteiger partial charge in [0.05, 0.1) is 6.10 Å². The highest BCUT2D eigenvalue weighted by atomic mass is 32.1. The Balaban J connectivity index is 2.05. The van der Waals surface area contributed by atoms with Crippen LogP contribution in [0.5, 0.6) is 0 Å². The first-order chi connectivity index (χ1) is 8.56. The lowest BCUT2D eigenvalue weighted by Gasteiger charge is -2.10. The van der Waals surface area contributed by atoms with Gasteiger partial charge in [-0.25, -0.2) is 0 Å². The Kier molecular flexibility index (Phi) is 4.20. The largest absolute Gasteiger partial charge is 0.387 e. The summed E-state index contributed by atoms with van der Waals surface area (Å²) < 4.78 is 0. The molecule has 1 atom stereocenters. The third-order valence-electron chi connectivity index (χ3n) is 3.17. The molecule has 2 heteroatoms. The second kappa shape index (κ2) is 5.68. The molecule has 0 amide bonds. The van der Waals surface area contributed by atoms with E-state index in [0.29, 0.717) is 12.3 Å². The summed E-state index contributed by atoms with van der Waals surface area (Å²) in [7, 11) is 0. The zero-order valence-corrected chi connectivity index (χ0v) is 12.0. The molecule has 0 aliphatic rings. The summed E-state index contributed by atoms with van der Waals surface area (Å²) in [5.74, 6) is 0.559. The Morgan fingerprint density at radius 1 is 1.06 bits per heavy atom. The molecular weight excluding hydrogens is 240 g/mol. The monoisotopic (exact) mass is 260 g/mol. The highest BCUT2D eigenvalue weighted by Gasteiger charge is 2.10. The first-order valence-electron chi connectivity index (χ1n) is 6.39. The van der Waals surface area contributed by atoms with Crippen LogP contribution in [0.15, 0.2) is 36.4 Å². The van der Waals surface area contributed by atoms with E-state index in [1.165, 1.54) is 16.0 Å². The lowest BCUT2D eigenvalue weighted by molar-refractivity contribution is 0.182. The van der Waals surface area contributed by atoms with E-state index in [9.17, 15) is 5.11 Å². The molecule has 0 fully saturated rings. The van der Waals surface area contributed by atoms with E-state index in [-0.39, 0.29) is 6.10 Å². The molecule has 1 nitrogen and oxygen atoms in total. The van der Waals surface area contributed by atoms with Gasteiger partial charge in [0.2, 0.25) is 0 Å². The second-order valence-electron chi connectivity index (χ2n) is 5.06. The van der Waals surface area contributed by atoms with Crippen LogP contribution >= 0.6 is 11.3 Å². The van der Waals surface area contributed by atoms with Crippen LogP contribution < -0.4 is 0 Å². The van der Waals surface area contributed by atoms with Gasteiger partial charge >= 0.3 is 0 Å². The molecule has 96 valence electrons. The first-order valence-corrected chi connectivity index (χ1v) is 7.21. The summed E-state index contributed by atoms with van der Waals surface area (Å²) in [6, 6.07) is 12.6. The zero-order chi connectivity index (χ0) is 13.1. The van der Waals surface area contributed by atoms with Crippen molar-refractivity contribution < 1.29 is 5.11 Å². The molecule has 1 N–H and O–H groups in total. The lowest BCUT2D eigenvalue weighted by Crippen LogP contribution is -1.99. The van der Waals surface area contributed by atoms with Crippen LogP contribution in [0.2, 0.25) is 0 Å². The van der Waals surface area contributed by atoms with Crippen molar-refractivity contribution in [3.8, 4) is 0 Å². The fraction of sp³-hybridized carbons (Fsp3) is 0.375. The van der Waals surface area contributed by atoms with Crippen molar-refractivity contribution in [1.29, 1.82) is 0 Å². The molecule has 1 heterocycles.